The third-order valence-electron chi connectivity index (χ3n) is 3.02. The molecule has 0 radical (unpaired) electrons. The molecule has 2 aliphatic rings. The number of likely N-dealkylation sites (tertiary alicyclic amines) is 1. The number of carbonyl (C=O) groups is 2. The Morgan fingerprint density at radius 2 is 2.00 bits per heavy atom. The van der Waals surface area contributed by atoms with Crippen molar-refractivity contribution in [3.05, 3.63) is 0 Å². The summed E-state index contributed by atoms with van der Waals surface area (Å²) < 4.78 is 0. The molecular formula is C10H17N3O2. The van der Waals surface area contributed by atoms with E-state index in [1.54, 1.807) is 0 Å². The van der Waals surface area contributed by atoms with Gasteiger partial charge in [-0.1, -0.05) is 0 Å². The van der Waals surface area contributed by atoms with Gasteiger partial charge >= 0.3 is 0 Å². The highest BCUT2D eigenvalue weighted by atomic mass is 16.2. The molecule has 2 aliphatic heterocycles. The maximum Gasteiger partial charge on any atom is 0.229 e. The molecule has 0 saturated carbocycles. The van der Waals surface area contributed by atoms with Crippen molar-refractivity contribution in [2.75, 3.05) is 33.2 Å². The third-order valence-corrected chi connectivity index (χ3v) is 3.02. The minimum atomic E-state index is -0.0185. The van der Waals surface area contributed by atoms with Crippen molar-refractivity contribution >= 4 is 11.8 Å². The number of hydrogen-bond acceptors (Lipinski definition) is 4. The number of nitrogens with zero attached hydrogens (tertiary/aromatic N) is 2. The highest BCUT2D eigenvalue weighted by Crippen LogP contribution is 2.12. The molecule has 2 amide bonds. The van der Waals surface area contributed by atoms with Crippen LogP contribution in [-0.2, 0) is 9.59 Å². The molecule has 0 aromatic rings. The normalized spacial score (nSPS) is 28.9. The van der Waals surface area contributed by atoms with Gasteiger partial charge in [0.2, 0.25) is 11.8 Å². The maximum absolute atomic E-state index is 11.4. The van der Waals surface area contributed by atoms with E-state index in [-0.39, 0.29) is 17.9 Å². The van der Waals surface area contributed by atoms with Gasteiger partial charge in [0.25, 0.3) is 0 Å². The van der Waals surface area contributed by atoms with Crippen LogP contribution in [0, 0.1) is 0 Å². The predicted molar refractivity (Wildman–Crippen MR) is 55.2 cm³/mol. The van der Waals surface area contributed by atoms with Gasteiger partial charge in [-0.3, -0.25) is 14.5 Å². The Morgan fingerprint density at radius 3 is 2.60 bits per heavy atom. The van der Waals surface area contributed by atoms with Crippen LogP contribution < -0.4 is 5.32 Å². The second-order valence-electron chi connectivity index (χ2n) is 4.31. The van der Waals surface area contributed by atoms with Gasteiger partial charge in [0, 0.05) is 45.1 Å². The van der Waals surface area contributed by atoms with E-state index in [0.29, 0.717) is 19.4 Å². The highest BCUT2D eigenvalue weighted by molar-refractivity contribution is 6.01. The van der Waals surface area contributed by atoms with Gasteiger partial charge < -0.3 is 10.2 Å². The van der Waals surface area contributed by atoms with E-state index >= 15 is 0 Å². The van der Waals surface area contributed by atoms with Crippen molar-refractivity contribution in [3.63, 3.8) is 0 Å². The number of nitrogens with one attached hydrogen (secondary N) is 1. The van der Waals surface area contributed by atoms with E-state index in [0.717, 1.165) is 19.6 Å². The first-order valence-corrected chi connectivity index (χ1v) is 5.42. The zero-order chi connectivity index (χ0) is 10.8. The summed E-state index contributed by atoms with van der Waals surface area (Å²) in [4.78, 5) is 26.4. The number of imide groups is 1. The summed E-state index contributed by atoms with van der Waals surface area (Å²) in [6, 6.07) is 0.231. The second kappa shape index (κ2) is 4.28. The van der Waals surface area contributed by atoms with Crippen LogP contribution in [0.1, 0.15) is 12.8 Å². The van der Waals surface area contributed by atoms with Crippen molar-refractivity contribution in [1.29, 1.82) is 0 Å². The number of carbonyl (C=O) groups excluding carboxylic acids is 2. The number of amides is 2. The first-order valence-electron chi connectivity index (χ1n) is 5.42. The third kappa shape index (κ3) is 2.35. The molecule has 2 heterocycles. The molecule has 5 nitrogen and oxygen atoms in total. The summed E-state index contributed by atoms with van der Waals surface area (Å²) in [5.41, 5.74) is 0. The van der Waals surface area contributed by atoms with E-state index in [1.807, 2.05) is 0 Å². The van der Waals surface area contributed by atoms with Crippen molar-refractivity contribution in [3.8, 4) is 0 Å². The Balaban J connectivity index is 1.90. The van der Waals surface area contributed by atoms with Crippen LogP contribution in [0.4, 0.5) is 0 Å². The molecule has 5 heteroatoms. The van der Waals surface area contributed by atoms with E-state index in [1.165, 1.54) is 4.90 Å². The number of rotatable bonds is 2. The summed E-state index contributed by atoms with van der Waals surface area (Å²) in [5, 5.41) is 3.33. The summed E-state index contributed by atoms with van der Waals surface area (Å²) in [6.45, 7) is 3.38. The molecule has 15 heavy (non-hydrogen) atoms. The fourth-order valence-corrected chi connectivity index (χ4v) is 2.16. The van der Waals surface area contributed by atoms with Crippen LogP contribution in [0.15, 0.2) is 0 Å². The van der Waals surface area contributed by atoms with Crippen molar-refractivity contribution in [2.45, 2.75) is 18.9 Å². The zero-order valence-electron chi connectivity index (χ0n) is 9.03. The Hall–Kier alpha value is -0.940. The Labute approximate surface area is 89.4 Å². The van der Waals surface area contributed by atoms with Crippen LogP contribution >= 0.6 is 0 Å². The average Bonchev–Trinajstić information content (AvgIpc) is 2.50. The van der Waals surface area contributed by atoms with Crippen LogP contribution in [0.3, 0.4) is 0 Å². The van der Waals surface area contributed by atoms with E-state index < -0.39 is 0 Å². The summed E-state index contributed by atoms with van der Waals surface area (Å²) >= 11 is 0. The van der Waals surface area contributed by atoms with E-state index in [9.17, 15) is 9.59 Å². The smallest absolute Gasteiger partial charge is 0.229 e. The molecular weight excluding hydrogens is 194 g/mol. The van der Waals surface area contributed by atoms with E-state index in [2.05, 4.69) is 17.3 Å². The molecule has 0 aliphatic carbocycles. The maximum atomic E-state index is 11.4. The van der Waals surface area contributed by atoms with Gasteiger partial charge in [-0.15, -0.1) is 0 Å². The van der Waals surface area contributed by atoms with Gasteiger partial charge in [-0.25, -0.2) is 0 Å². The molecule has 2 saturated heterocycles. The van der Waals surface area contributed by atoms with Gasteiger partial charge in [-0.05, 0) is 7.05 Å². The monoisotopic (exact) mass is 211 g/mol. The molecule has 84 valence electrons. The van der Waals surface area contributed by atoms with Crippen LogP contribution in [-0.4, -0.2) is 60.9 Å². The predicted octanol–water partition coefficient (Wildman–Crippen LogP) is -0.961. The van der Waals surface area contributed by atoms with Crippen LogP contribution in [0.5, 0.6) is 0 Å². The standard InChI is InChI=1S/C10H17N3O2/c1-12-5-4-11-8(6-12)7-13-9(14)2-3-10(13)15/h8,11H,2-7H2,1H3. The molecule has 2 rings (SSSR count). The number of likely N-dealkylation sites (N-methyl/N-ethyl adjacent to an activating group) is 1. The molecule has 2 fully saturated rings. The lowest BCUT2D eigenvalue weighted by molar-refractivity contribution is -0.138. The molecule has 1 unspecified atom stereocenters. The van der Waals surface area contributed by atoms with Gasteiger partial charge in [0.1, 0.15) is 0 Å². The first-order chi connectivity index (χ1) is 7.16. The fraction of sp³-hybridized carbons (Fsp3) is 0.800. The lowest BCUT2D eigenvalue weighted by Crippen LogP contribution is -2.54. The van der Waals surface area contributed by atoms with Crippen molar-refractivity contribution in [1.82, 2.24) is 15.1 Å². The molecule has 1 atom stereocenters. The molecule has 0 aromatic carbocycles. The molecule has 0 spiro atoms. The summed E-state index contributed by atoms with van der Waals surface area (Å²) in [6.07, 6.45) is 0.781. The Kier molecular flexibility index (Phi) is 3.02. The lowest BCUT2D eigenvalue weighted by Gasteiger charge is -2.32. The zero-order valence-corrected chi connectivity index (χ0v) is 9.03. The molecule has 0 bridgehead atoms. The SMILES string of the molecule is CN1CCNC(CN2C(=O)CCC2=O)C1. The Bertz CT molecular complexity index is 264. The lowest BCUT2D eigenvalue weighted by atomic mass is 10.2. The quantitative estimate of drug-likeness (QED) is 0.598. The second-order valence-corrected chi connectivity index (χ2v) is 4.31. The topological polar surface area (TPSA) is 52.6 Å². The van der Waals surface area contributed by atoms with Crippen LogP contribution in [0.2, 0.25) is 0 Å². The van der Waals surface area contributed by atoms with Gasteiger partial charge in [0.05, 0.1) is 0 Å². The minimum absolute atomic E-state index is 0.0185. The number of piperazine rings is 1. The largest absolute Gasteiger partial charge is 0.310 e. The minimum Gasteiger partial charge on any atom is -0.310 e. The summed E-state index contributed by atoms with van der Waals surface area (Å²) in [5.74, 6) is -0.0370. The van der Waals surface area contributed by atoms with Crippen molar-refractivity contribution < 1.29 is 9.59 Å². The summed E-state index contributed by atoms with van der Waals surface area (Å²) in [7, 11) is 2.06. The highest BCUT2D eigenvalue weighted by Gasteiger charge is 2.31. The average molecular weight is 211 g/mol. The van der Waals surface area contributed by atoms with Crippen LogP contribution in [0.25, 0.3) is 0 Å². The van der Waals surface area contributed by atoms with Crippen molar-refractivity contribution in [2.24, 2.45) is 0 Å². The molecule has 1 N–H and O–H groups in total. The Morgan fingerprint density at radius 1 is 1.33 bits per heavy atom. The number of hydrogen-bond donors (Lipinski definition) is 1. The fourth-order valence-electron chi connectivity index (χ4n) is 2.16. The first kappa shape index (κ1) is 10.6. The van der Waals surface area contributed by atoms with Gasteiger partial charge in [-0.2, -0.15) is 0 Å². The van der Waals surface area contributed by atoms with E-state index in [4.69, 9.17) is 0 Å². The molecule has 0 aromatic heterocycles. The van der Waals surface area contributed by atoms with Gasteiger partial charge in [0.15, 0.2) is 0 Å².